The van der Waals surface area contributed by atoms with Gasteiger partial charge >= 0.3 is 0 Å². The predicted molar refractivity (Wildman–Crippen MR) is 85.0 cm³/mol. The van der Waals surface area contributed by atoms with Gasteiger partial charge in [-0.1, -0.05) is 36.1 Å². The number of carbonyl (C=O) groups excluding carboxylic acids is 2. The number of aromatic nitrogens is 2. The Morgan fingerprint density at radius 2 is 2.10 bits per heavy atom. The molecule has 8 heteroatoms. The van der Waals surface area contributed by atoms with Crippen LogP contribution in [0.4, 0.5) is 10.8 Å². The summed E-state index contributed by atoms with van der Waals surface area (Å²) < 4.78 is 0.819. The smallest absolute Gasteiger partial charge is 0.257 e. The van der Waals surface area contributed by atoms with Crippen LogP contribution in [0.3, 0.4) is 0 Å². The Hall–Kier alpha value is -1.93. The Labute approximate surface area is 130 Å². The van der Waals surface area contributed by atoms with Crippen LogP contribution in [0, 0.1) is 0 Å². The predicted octanol–water partition coefficient (Wildman–Crippen LogP) is 2.86. The fraction of sp³-hybridized carbons (Fsp3) is 0.231. The van der Waals surface area contributed by atoms with Crippen LogP contribution >= 0.6 is 23.1 Å². The summed E-state index contributed by atoms with van der Waals surface area (Å²) in [6, 6.07) is 6.71. The summed E-state index contributed by atoms with van der Waals surface area (Å²) in [5.74, 6) is 0.436. The van der Waals surface area contributed by atoms with Crippen molar-refractivity contribution in [3.8, 4) is 0 Å². The molecule has 2 rings (SSSR count). The molecule has 1 heterocycles. The number of anilines is 2. The molecular weight excluding hydrogens is 308 g/mol. The molecule has 21 heavy (non-hydrogen) atoms. The second-order valence-corrected chi connectivity index (χ2v) is 6.51. The molecule has 0 spiro atoms. The zero-order valence-electron chi connectivity index (χ0n) is 11.5. The van der Waals surface area contributed by atoms with Gasteiger partial charge in [0.2, 0.25) is 11.0 Å². The first-order valence-electron chi connectivity index (χ1n) is 6.23. The molecule has 0 aliphatic heterocycles. The molecule has 2 amide bonds. The summed E-state index contributed by atoms with van der Waals surface area (Å²) >= 11 is 2.91. The maximum atomic E-state index is 12.1. The number of nitrogens with one attached hydrogen (secondary N) is 2. The van der Waals surface area contributed by atoms with Crippen LogP contribution in [0.2, 0.25) is 0 Å². The van der Waals surface area contributed by atoms with E-state index in [9.17, 15) is 9.59 Å². The molecule has 1 aromatic heterocycles. The van der Waals surface area contributed by atoms with Gasteiger partial charge in [0.15, 0.2) is 4.34 Å². The van der Waals surface area contributed by atoms with Crippen molar-refractivity contribution in [2.24, 2.45) is 0 Å². The molecule has 1 aromatic carbocycles. The van der Waals surface area contributed by atoms with Crippen LogP contribution in [0.1, 0.15) is 24.2 Å². The molecule has 110 valence electrons. The second kappa shape index (κ2) is 7.19. The van der Waals surface area contributed by atoms with Crippen LogP contribution in [0.5, 0.6) is 0 Å². The fourth-order valence-electron chi connectivity index (χ4n) is 1.55. The molecule has 0 bridgehead atoms. The summed E-state index contributed by atoms with van der Waals surface area (Å²) in [5.41, 5.74) is 1.02. The number of nitrogens with zero attached hydrogens (tertiary/aromatic N) is 2. The number of hydrogen-bond acceptors (Lipinski definition) is 6. The van der Waals surface area contributed by atoms with E-state index in [4.69, 9.17) is 0 Å². The molecule has 0 saturated heterocycles. The van der Waals surface area contributed by atoms with Gasteiger partial charge in [-0.15, -0.1) is 10.2 Å². The Morgan fingerprint density at radius 3 is 2.81 bits per heavy atom. The third-order valence-electron chi connectivity index (χ3n) is 2.34. The lowest BCUT2D eigenvalue weighted by molar-refractivity contribution is -0.114. The summed E-state index contributed by atoms with van der Waals surface area (Å²) in [4.78, 5) is 23.1. The SMILES string of the molecule is CCSc1nnc(NC(=O)c2cccc(NC(C)=O)c2)s1. The lowest BCUT2D eigenvalue weighted by Crippen LogP contribution is -2.13. The Bertz CT molecular complexity index is 657. The molecule has 0 radical (unpaired) electrons. The van der Waals surface area contributed by atoms with Gasteiger partial charge in [0.05, 0.1) is 0 Å². The molecule has 0 unspecified atom stereocenters. The summed E-state index contributed by atoms with van der Waals surface area (Å²) in [6.07, 6.45) is 0. The van der Waals surface area contributed by atoms with E-state index in [1.54, 1.807) is 36.0 Å². The molecule has 6 nitrogen and oxygen atoms in total. The van der Waals surface area contributed by atoms with E-state index in [0.29, 0.717) is 16.4 Å². The van der Waals surface area contributed by atoms with Crippen molar-refractivity contribution >= 4 is 45.7 Å². The van der Waals surface area contributed by atoms with Gasteiger partial charge in [0.25, 0.3) is 5.91 Å². The zero-order valence-corrected chi connectivity index (χ0v) is 13.2. The molecule has 0 fully saturated rings. The van der Waals surface area contributed by atoms with E-state index in [-0.39, 0.29) is 11.8 Å². The van der Waals surface area contributed by atoms with Gasteiger partial charge in [-0.3, -0.25) is 14.9 Å². The van der Waals surface area contributed by atoms with Crippen molar-refractivity contribution in [1.29, 1.82) is 0 Å². The molecule has 2 aromatic rings. The van der Waals surface area contributed by atoms with Crippen LogP contribution in [-0.4, -0.2) is 27.8 Å². The number of carbonyl (C=O) groups is 2. The van der Waals surface area contributed by atoms with E-state index in [0.717, 1.165) is 10.1 Å². The van der Waals surface area contributed by atoms with E-state index in [2.05, 4.69) is 20.8 Å². The van der Waals surface area contributed by atoms with Crippen molar-refractivity contribution in [3.63, 3.8) is 0 Å². The average molecular weight is 322 g/mol. The molecule has 2 N–H and O–H groups in total. The highest BCUT2D eigenvalue weighted by Crippen LogP contribution is 2.25. The number of thioether (sulfide) groups is 1. The molecular formula is C13H14N4O2S2. The Kier molecular flexibility index (Phi) is 5.29. The van der Waals surface area contributed by atoms with Crippen molar-refractivity contribution < 1.29 is 9.59 Å². The summed E-state index contributed by atoms with van der Waals surface area (Å²) in [5, 5.41) is 13.7. The number of hydrogen-bond donors (Lipinski definition) is 2. The molecule has 0 saturated carbocycles. The van der Waals surface area contributed by atoms with Gasteiger partial charge in [0.1, 0.15) is 0 Å². The first-order valence-corrected chi connectivity index (χ1v) is 8.04. The van der Waals surface area contributed by atoms with Gasteiger partial charge in [-0.05, 0) is 24.0 Å². The lowest BCUT2D eigenvalue weighted by Gasteiger charge is -2.05. The first-order chi connectivity index (χ1) is 10.1. The molecule has 0 aliphatic rings. The standard InChI is InChI=1S/C13H14N4O2S2/c1-3-20-13-17-16-12(21-13)15-11(19)9-5-4-6-10(7-9)14-8(2)18/h4-7H,3H2,1-2H3,(H,14,18)(H,15,16,19). The minimum atomic E-state index is -0.286. The normalized spacial score (nSPS) is 10.2. The second-order valence-electron chi connectivity index (χ2n) is 4.02. The average Bonchev–Trinajstić information content (AvgIpc) is 2.86. The third-order valence-corrected chi connectivity index (χ3v) is 4.19. The monoisotopic (exact) mass is 322 g/mol. The van der Waals surface area contributed by atoms with E-state index < -0.39 is 0 Å². The Balaban J connectivity index is 2.06. The van der Waals surface area contributed by atoms with Gasteiger partial charge in [-0.2, -0.15) is 0 Å². The van der Waals surface area contributed by atoms with Gasteiger partial charge in [0, 0.05) is 18.2 Å². The van der Waals surface area contributed by atoms with Crippen LogP contribution in [0.15, 0.2) is 28.6 Å². The fourth-order valence-corrected chi connectivity index (χ4v) is 3.20. The highest BCUT2D eigenvalue weighted by Gasteiger charge is 2.11. The number of amides is 2. The van der Waals surface area contributed by atoms with Gasteiger partial charge in [-0.25, -0.2) is 0 Å². The summed E-state index contributed by atoms with van der Waals surface area (Å²) in [6.45, 7) is 3.44. The number of rotatable bonds is 5. The highest BCUT2D eigenvalue weighted by molar-refractivity contribution is 8.01. The van der Waals surface area contributed by atoms with Crippen LogP contribution < -0.4 is 10.6 Å². The van der Waals surface area contributed by atoms with E-state index >= 15 is 0 Å². The topological polar surface area (TPSA) is 84.0 Å². The minimum Gasteiger partial charge on any atom is -0.326 e. The van der Waals surface area contributed by atoms with E-state index in [1.807, 2.05) is 6.92 Å². The molecule has 0 aliphatic carbocycles. The third kappa shape index (κ3) is 4.54. The lowest BCUT2D eigenvalue weighted by atomic mass is 10.2. The largest absolute Gasteiger partial charge is 0.326 e. The van der Waals surface area contributed by atoms with Crippen molar-refractivity contribution in [1.82, 2.24) is 10.2 Å². The van der Waals surface area contributed by atoms with Crippen LogP contribution in [-0.2, 0) is 4.79 Å². The maximum absolute atomic E-state index is 12.1. The van der Waals surface area contributed by atoms with E-state index in [1.165, 1.54) is 18.3 Å². The molecule has 0 atom stereocenters. The quantitative estimate of drug-likeness (QED) is 0.653. The van der Waals surface area contributed by atoms with Gasteiger partial charge < -0.3 is 5.32 Å². The Morgan fingerprint density at radius 1 is 1.29 bits per heavy atom. The van der Waals surface area contributed by atoms with Crippen molar-refractivity contribution in [3.05, 3.63) is 29.8 Å². The first kappa shape index (κ1) is 15.5. The minimum absolute atomic E-state index is 0.182. The van der Waals surface area contributed by atoms with Crippen LogP contribution in [0.25, 0.3) is 0 Å². The highest BCUT2D eigenvalue weighted by atomic mass is 32.2. The van der Waals surface area contributed by atoms with Crippen molar-refractivity contribution in [2.45, 2.75) is 18.2 Å². The van der Waals surface area contributed by atoms with Crippen molar-refractivity contribution in [2.75, 3.05) is 16.4 Å². The number of benzene rings is 1. The summed E-state index contributed by atoms with van der Waals surface area (Å²) in [7, 11) is 0. The maximum Gasteiger partial charge on any atom is 0.257 e. The zero-order chi connectivity index (χ0) is 15.2.